The SMILES string of the molecule is NC(=O)c1cnc(NCc2cn3ccccc3n2)c(Cl)c1. The molecular formula is C14H12ClN5O. The number of amides is 1. The van der Waals surface area contributed by atoms with Gasteiger partial charge in [-0.1, -0.05) is 17.7 Å². The molecule has 0 aliphatic heterocycles. The van der Waals surface area contributed by atoms with Crippen molar-refractivity contribution in [1.29, 1.82) is 0 Å². The van der Waals surface area contributed by atoms with Crippen LogP contribution >= 0.6 is 11.6 Å². The summed E-state index contributed by atoms with van der Waals surface area (Å²) in [4.78, 5) is 19.6. The molecule has 0 saturated heterocycles. The van der Waals surface area contributed by atoms with Crippen LogP contribution in [-0.2, 0) is 6.54 Å². The first kappa shape index (κ1) is 13.4. The van der Waals surface area contributed by atoms with E-state index in [2.05, 4.69) is 15.3 Å². The highest BCUT2D eigenvalue weighted by molar-refractivity contribution is 6.33. The van der Waals surface area contributed by atoms with Crippen molar-refractivity contribution in [1.82, 2.24) is 14.4 Å². The van der Waals surface area contributed by atoms with Gasteiger partial charge in [-0.05, 0) is 18.2 Å². The molecule has 0 fully saturated rings. The number of carbonyl (C=O) groups is 1. The van der Waals surface area contributed by atoms with Gasteiger partial charge in [-0.2, -0.15) is 0 Å². The minimum Gasteiger partial charge on any atom is -0.366 e. The van der Waals surface area contributed by atoms with Gasteiger partial charge in [-0.3, -0.25) is 4.79 Å². The van der Waals surface area contributed by atoms with Gasteiger partial charge in [0.2, 0.25) is 5.91 Å². The molecule has 3 N–H and O–H groups in total. The number of anilines is 1. The van der Waals surface area contributed by atoms with Crippen molar-refractivity contribution in [2.75, 3.05) is 5.32 Å². The fourth-order valence-electron chi connectivity index (χ4n) is 1.95. The zero-order valence-electron chi connectivity index (χ0n) is 11.0. The lowest BCUT2D eigenvalue weighted by molar-refractivity contribution is 0.1000. The van der Waals surface area contributed by atoms with Crippen molar-refractivity contribution in [2.45, 2.75) is 6.54 Å². The van der Waals surface area contributed by atoms with E-state index in [1.807, 2.05) is 35.0 Å². The molecule has 3 rings (SSSR count). The van der Waals surface area contributed by atoms with Crippen LogP contribution in [0, 0.1) is 0 Å². The summed E-state index contributed by atoms with van der Waals surface area (Å²) in [7, 11) is 0. The molecule has 0 radical (unpaired) electrons. The van der Waals surface area contributed by atoms with Crippen LogP contribution in [0.3, 0.4) is 0 Å². The molecule has 6 nitrogen and oxygen atoms in total. The summed E-state index contributed by atoms with van der Waals surface area (Å²) >= 11 is 6.06. The van der Waals surface area contributed by atoms with Gasteiger partial charge in [0.05, 0.1) is 22.8 Å². The highest BCUT2D eigenvalue weighted by atomic mass is 35.5. The Balaban J connectivity index is 1.76. The second-order valence-electron chi connectivity index (χ2n) is 4.47. The summed E-state index contributed by atoms with van der Waals surface area (Å²) < 4.78 is 1.93. The zero-order valence-corrected chi connectivity index (χ0v) is 11.7. The number of hydrogen-bond donors (Lipinski definition) is 2. The van der Waals surface area contributed by atoms with Crippen LogP contribution in [0.2, 0.25) is 5.02 Å². The molecule has 3 aromatic heterocycles. The number of nitrogens with one attached hydrogen (secondary N) is 1. The van der Waals surface area contributed by atoms with Crippen LogP contribution in [0.4, 0.5) is 5.82 Å². The molecule has 1 amide bonds. The smallest absolute Gasteiger partial charge is 0.250 e. The fourth-order valence-corrected chi connectivity index (χ4v) is 2.18. The number of imidazole rings is 1. The van der Waals surface area contributed by atoms with Gasteiger partial charge in [0, 0.05) is 18.6 Å². The van der Waals surface area contributed by atoms with E-state index in [0.29, 0.717) is 17.4 Å². The molecule has 0 aromatic carbocycles. The van der Waals surface area contributed by atoms with Crippen molar-refractivity contribution >= 4 is 29.0 Å². The fraction of sp³-hybridized carbons (Fsp3) is 0.0714. The molecule has 21 heavy (non-hydrogen) atoms. The van der Waals surface area contributed by atoms with E-state index in [0.717, 1.165) is 11.3 Å². The van der Waals surface area contributed by atoms with Crippen LogP contribution in [-0.4, -0.2) is 20.3 Å². The van der Waals surface area contributed by atoms with E-state index < -0.39 is 5.91 Å². The molecule has 3 heterocycles. The number of fused-ring (bicyclic) bond motifs is 1. The second kappa shape index (κ2) is 5.41. The van der Waals surface area contributed by atoms with Gasteiger partial charge in [-0.15, -0.1) is 0 Å². The molecule has 0 bridgehead atoms. The molecule has 0 atom stereocenters. The molecule has 0 aliphatic carbocycles. The van der Waals surface area contributed by atoms with Crippen LogP contribution in [0.5, 0.6) is 0 Å². The van der Waals surface area contributed by atoms with Gasteiger partial charge < -0.3 is 15.5 Å². The monoisotopic (exact) mass is 301 g/mol. The summed E-state index contributed by atoms with van der Waals surface area (Å²) in [5.74, 6) is -0.0741. The summed E-state index contributed by atoms with van der Waals surface area (Å²) in [5, 5.41) is 3.43. The Bertz CT molecular complexity index is 781. The van der Waals surface area contributed by atoms with Gasteiger partial charge in [-0.25, -0.2) is 9.97 Å². The average molecular weight is 302 g/mol. The third-order valence-electron chi connectivity index (χ3n) is 2.98. The number of halogens is 1. The highest BCUT2D eigenvalue weighted by Gasteiger charge is 2.08. The Morgan fingerprint density at radius 3 is 3.00 bits per heavy atom. The zero-order chi connectivity index (χ0) is 14.8. The maximum Gasteiger partial charge on any atom is 0.250 e. The number of hydrogen-bond acceptors (Lipinski definition) is 4. The number of aromatic nitrogens is 3. The van der Waals surface area contributed by atoms with Gasteiger partial charge in [0.15, 0.2) is 0 Å². The van der Waals surface area contributed by atoms with E-state index in [4.69, 9.17) is 17.3 Å². The van der Waals surface area contributed by atoms with E-state index in [1.165, 1.54) is 12.3 Å². The third kappa shape index (κ3) is 2.80. The minimum absolute atomic E-state index is 0.276. The molecule has 7 heteroatoms. The van der Waals surface area contributed by atoms with Gasteiger partial charge in [0.1, 0.15) is 11.5 Å². The third-order valence-corrected chi connectivity index (χ3v) is 3.26. The van der Waals surface area contributed by atoms with Crippen LogP contribution in [0.1, 0.15) is 16.1 Å². The largest absolute Gasteiger partial charge is 0.366 e. The summed E-state index contributed by atoms with van der Waals surface area (Å²) in [6.45, 7) is 0.477. The van der Waals surface area contributed by atoms with Crippen molar-refractivity contribution in [3.63, 3.8) is 0 Å². The maximum absolute atomic E-state index is 11.0. The van der Waals surface area contributed by atoms with E-state index in [9.17, 15) is 4.79 Å². The Labute approximate surface area is 125 Å². The Morgan fingerprint density at radius 1 is 1.43 bits per heavy atom. The molecule has 0 aliphatic rings. The first-order chi connectivity index (χ1) is 10.1. The first-order valence-corrected chi connectivity index (χ1v) is 6.63. The lowest BCUT2D eigenvalue weighted by Crippen LogP contribution is -2.12. The maximum atomic E-state index is 11.0. The van der Waals surface area contributed by atoms with E-state index >= 15 is 0 Å². The van der Waals surface area contributed by atoms with E-state index in [1.54, 1.807) is 0 Å². The normalized spacial score (nSPS) is 10.7. The van der Waals surface area contributed by atoms with Crippen molar-refractivity contribution in [3.8, 4) is 0 Å². The van der Waals surface area contributed by atoms with E-state index in [-0.39, 0.29) is 5.56 Å². The number of pyridine rings is 2. The van der Waals surface area contributed by atoms with Crippen LogP contribution in [0.15, 0.2) is 42.9 Å². The topological polar surface area (TPSA) is 85.3 Å². The van der Waals surface area contributed by atoms with Crippen molar-refractivity contribution < 1.29 is 4.79 Å². The molecule has 0 unspecified atom stereocenters. The number of primary amides is 1. The lowest BCUT2D eigenvalue weighted by atomic mass is 10.2. The number of rotatable bonds is 4. The Morgan fingerprint density at radius 2 is 2.29 bits per heavy atom. The molecule has 0 spiro atoms. The molecule has 106 valence electrons. The standard InChI is InChI=1S/C14H12ClN5O/c15-11-5-9(13(16)21)6-17-14(11)18-7-10-8-20-4-2-1-3-12(20)19-10/h1-6,8H,7H2,(H2,16,21)(H,17,18). The molecule has 0 saturated carbocycles. The van der Waals surface area contributed by atoms with Gasteiger partial charge in [0.25, 0.3) is 0 Å². The average Bonchev–Trinajstić information content (AvgIpc) is 2.88. The lowest BCUT2D eigenvalue weighted by Gasteiger charge is -2.06. The van der Waals surface area contributed by atoms with Crippen molar-refractivity contribution in [3.05, 3.63) is 59.1 Å². The highest BCUT2D eigenvalue weighted by Crippen LogP contribution is 2.20. The van der Waals surface area contributed by atoms with Crippen LogP contribution < -0.4 is 11.1 Å². The molecular weight excluding hydrogens is 290 g/mol. The van der Waals surface area contributed by atoms with Gasteiger partial charge >= 0.3 is 0 Å². The summed E-state index contributed by atoms with van der Waals surface area (Å²) in [6.07, 6.45) is 5.24. The summed E-state index contributed by atoms with van der Waals surface area (Å²) in [6, 6.07) is 7.28. The first-order valence-electron chi connectivity index (χ1n) is 6.25. The van der Waals surface area contributed by atoms with Crippen molar-refractivity contribution in [2.24, 2.45) is 5.73 Å². The quantitative estimate of drug-likeness (QED) is 0.772. The Kier molecular flexibility index (Phi) is 3.45. The second-order valence-corrected chi connectivity index (χ2v) is 4.88. The predicted molar refractivity (Wildman–Crippen MR) is 80.3 cm³/mol. The Hall–Kier alpha value is -2.60. The molecule has 3 aromatic rings. The number of nitrogens with two attached hydrogens (primary N) is 1. The number of carbonyl (C=O) groups excluding carboxylic acids is 1. The number of nitrogens with zero attached hydrogens (tertiary/aromatic N) is 3. The predicted octanol–water partition coefficient (Wildman–Crippen LogP) is 2.09. The van der Waals surface area contributed by atoms with Crippen LogP contribution in [0.25, 0.3) is 5.65 Å². The minimum atomic E-state index is -0.559. The summed E-state index contributed by atoms with van der Waals surface area (Å²) in [5.41, 5.74) is 7.18.